The van der Waals surface area contributed by atoms with Crippen LogP contribution in [0.25, 0.3) is 0 Å². The van der Waals surface area contributed by atoms with Crippen molar-refractivity contribution in [1.29, 1.82) is 0 Å². The van der Waals surface area contributed by atoms with E-state index < -0.39 is 0 Å². The summed E-state index contributed by atoms with van der Waals surface area (Å²) in [7, 11) is 0. The summed E-state index contributed by atoms with van der Waals surface area (Å²) in [6, 6.07) is 2.58. The summed E-state index contributed by atoms with van der Waals surface area (Å²) in [6.07, 6.45) is 6.45. The first-order valence-corrected chi connectivity index (χ1v) is 6.72. The van der Waals surface area contributed by atoms with Crippen molar-refractivity contribution in [1.82, 2.24) is 10.3 Å². The molecule has 17 heavy (non-hydrogen) atoms. The van der Waals surface area contributed by atoms with Crippen molar-refractivity contribution in [3.8, 4) is 0 Å². The average Bonchev–Trinajstić information content (AvgIpc) is 2.33. The molecule has 1 heterocycles. The van der Waals surface area contributed by atoms with Gasteiger partial charge < -0.3 is 11.1 Å². The Kier molecular flexibility index (Phi) is 4.24. The third-order valence-electron chi connectivity index (χ3n) is 3.52. The molecule has 0 bridgehead atoms. The minimum absolute atomic E-state index is 0.499. The first kappa shape index (κ1) is 12.7. The second-order valence-electron chi connectivity index (χ2n) is 4.75. The van der Waals surface area contributed by atoms with E-state index in [4.69, 9.17) is 17.3 Å². The Morgan fingerprint density at radius 1 is 1.53 bits per heavy atom. The van der Waals surface area contributed by atoms with E-state index in [2.05, 4.69) is 17.2 Å². The van der Waals surface area contributed by atoms with Crippen molar-refractivity contribution in [2.45, 2.75) is 44.6 Å². The lowest BCUT2D eigenvalue weighted by atomic mass is 9.81. The third-order valence-corrected chi connectivity index (χ3v) is 3.73. The van der Waals surface area contributed by atoms with Gasteiger partial charge in [-0.15, -0.1) is 0 Å². The van der Waals surface area contributed by atoms with Crippen molar-refractivity contribution < 1.29 is 0 Å². The Bertz CT molecular complexity index is 379. The van der Waals surface area contributed by atoms with Crippen molar-refractivity contribution in [2.24, 2.45) is 0 Å². The smallest absolute Gasteiger partial charge is 0.126 e. The van der Waals surface area contributed by atoms with Crippen LogP contribution in [0.5, 0.6) is 0 Å². The summed E-state index contributed by atoms with van der Waals surface area (Å²) >= 11 is 6.00. The van der Waals surface area contributed by atoms with E-state index in [0.717, 1.165) is 18.5 Å². The second kappa shape index (κ2) is 5.69. The molecule has 2 atom stereocenters. The Labute approximate surface area is 108 Å². The van der Waals surface area contributed by atoms with Crippen molar-refractivity contribution in [2.75, 3.05) is 12.3 Å². The van der Waals surface area contributed by atoms with Crippen LogP contribution in [-0.4, -0.2) is 17.6 Å². The molecule has 4 heteroatoms. The molecule has 0 aliphatic heterocycles. The van der Waals surface area contributed by atoms with Crippen LogP contribution in [0, 0.1) is 0 Å². The van der Waals surface area contributed by atoms with Crippen molar-refractivity contribution in [3.63, 3.8) is 0 Å². The lowest BCUT2D eigenvalue weighted by Gasteiger charge is -2.30. The van der Waals surface area contributed by atoms with Gasteiger partial charge in [-0.05, 0) is 43.4 Å². The number of rotatable bonds is 3. The van der Waals surface area contributed by atoms with Gasteiger partial charge in [-0.1, -0.05) is 24.9 Å². The number of anilines is 1. The second-order valence-corrected chi connectivity index (χ2v) is 5.18. The largest absolute Gasteiger partial charge is 0.383 e. The average molecular weight is 254 g/mol. The van der Waals surface area contributed by atoms with Gasteiger partial charge >= 0.3 is 0 Å². The third kappa shape index (κ3) is 3.11. The summed E-state index contributed by atoms with van der Waals surface area (Å²) in [5.74, 6) is 1.13. The molecule has 1 aliphatic rings. The van der Waals surface area contributed by atoms with Gasteiger partial charge in [0.15, 0.2) is 0 Å². The van der Waals surface area contributed by atoms with Crippen LogP contribution in [0.2, 0.25) is 5.02 Å². The molecule has 2 unspecified atom stereocenters. The van der Waals surface area contributed by atoms with Crippen LogP contribution in [0.15, 0.2) is 12.3 Å². The summed E-state index contributed by atoms with van der Waals surface area (Å²) in [5.41, 5.74) is 7.07. The zero-order valence-electron chi connectivity index (χ0n) is 10.2. The van der Waals surface area contributed by atoms with Crippen LogP contribution in [0.1, 0.15) is 44.1 Å². The zero-order chi connectivity index (χ0) is 12.3. The molecular formula is C13H20ClN3. The van der Waals surface area contributed by atoms with E-state index in [1.165, 1.54) is 19.3 Å². The molecular weight excluding hydrogens is 234 g/mol. The Morgan fingerprint density at radius 2 is 2.35 bits per heavy atom. The standard InChI is InChI=1S/C13H20ClN3/c1-2-16-11-5-3-4-9(6-11)12-7-10(14)8-17-13(12)15/h7-9,11,16H,2-6H2,1H3,(H2,15,17). The summed E-state index contributed by atoms with van der Waals surface area (Å²) in [6.45, 7) is 3.18. The number of pyridine rings is 1. The Hall–Kier alpha value is -0.800. The molecule has 1 fully saturated rings. The molecule has 1 saturated carbocycles. The zero-order valence-corrected chi connectivity index (χ0v) is 11.0. The van der Waals surface area contributed by atoms with Crippen molar-refractivity contribution in [3.05, 3.63) is 22.8 Å². The predicted octanol–water partition coefficient (Wildman–Crippen LogP) is 2.95. The molecule has 0 aromatic carbocycles. The molecule has 94 valence electrons. The van der Waals surface area contributed by atoms with E-state index in [0.29, 0.717) is 22.8 Å². The SMILES string of the molecule is CCNC1CCCC(c2cc(Cl)cnc2N)C1. The van der Waals surface area contributed by atoms with Crippen LogP contribution < -0.4 is 11.1 Å². The van der Waals surface area contributed by atoms with Gasteiger partial charge in [0, 0.05) is 12.2 Å². The molecule has 0 amide bonds. The molecule has 3 N–H and O–H groups in total. The molecule has 1 aromatic rings. The molecule has 1 aliphatic carbocycles. The molecule has 0 spiro atoms. The Balaban J connectivity index is 2.13. The highest BCUT2D eigenvalue weighted by Crippen LogP contribution is 2.35. The predicted molar refractivity (Wildman–Crippen MR) is 72.3 cm³/mol. The summed E-state index contributed by atoms with van der Waals surface area (Å²) in [5, 5.41) is 4.20. The lowest BCUT2D eigenvalue weighted by molar-refractivity contribution is 0.344. The van der Waals surface area contributed by atoms with E-state index >= 15 is 0 Å². The number of nitrogens with zero attached hydrogens (tertiary/aromatic N) is 1. The van der Waals surface area contributed by atoms with Gasteiger partial charge in [0.2, 0.25) is 0 Å². The van der Waals surface area contributed by atoms with Crippen LogP contribution in [-0.2, 0) is 0 Å². The molecule has 3 nitrogen and oxygen atoms in total. The maximum atomic E-state index is 6.00. The molecule has 0 radical (unpaired) electrons. The lowest BCUT2D eigenvalue weighted by Crippen LogP contribution is -2.33. The first-order chi connectivity index (χ1) is 8.20. The fourth-order valence-corrected chi connectivity index (χ4v) is 2.91. The monoisotopic (exact) mass is 253 g/mol. The van der Waals surface area contributed by atoms with Gasteiger partial charge in [0.25, 0.3) is 0 Å². The van der Waals surface area contributed by atoms with Crippen molar-refractivity contribution >= 4 is 17.4 Å². The fourth-order valence-electron chi connectivity index (χ4n) is 2.74. The summed E-state index contributed by atoms with van der Waals surface area (Å²) in [4.78, 5) is 4.15. The van der Waals surface area contributed by atoms with Crippen LogP contribution >= 0.6 is 11.6 Å². The highest BCUT2D eigenvalue weighted by Gasteiger charge is 2.24. The molecule has 0 saturated heterocycles. The number of aromatic nitrogens is 1. The van der Waals surface area contributed by atoms with E-state index in [1.54, 1.807) is 6.20 Å². The van der Waals surface area contributed by atoms with Crippen LogP contribution in [0.4, 0.5) is 5.82 Å². The number of nitrogens with one attached hydrogen (secondary N) is 1. The van der Waals surface area contributed by atoms with Gasteiger partial charge in [-0.2, -0.15) is 0 Å². The quantitative estimate of drug-likeness (QED) is 0.871. The first-order valence-electron chi connectivity index (χ1n) is 6.35. The van der Waals surface area contributed by atoms with E-state index in [-0.39, 0.29) is 0 Å². The Morgan fingerprint density at radius 3 is 3.12 bits per heavy atom. The molecule has 1 aromatic heterocycles. The van der Waals surface area contributed by atoms with E-state index in [1.807, 2.05) is 6.07 Å². The minimum atomic E-state index is 0.499. The number of halogens is 1. The van der Waals surface area contributed by atoms with E-state index in [9.17, 15) is 0 Å². The summed E-state index contributed by atoms with van der Waals surface area (Å²) < 4.78 is 0. The normalized spacial score (nSPS) is 24.8. The highest BCUT2D eigenvalue weighted by atomic mass is 35.5. The number of nitrogens with two attached hydrogens (primary N) is 1. The van der Waals surface area contributed by atoms with Gasteiger partial charge in [0.05, 0.1) is 5.02 Å². The maximum Gasteiger partial charge on any atom is 0.126 e. The molecule has 2 rings (SSSR count). The fraction of sp³-hybridized carbons (Fsp3) is 0.615. The number of nitrogen functional groups attached to an aromatic ring is 1. The van der Waals surface area contributed by atoms with Gasteiger partial charge in [-0.25, -0.2) is 4.98 Å². The van der Waals surface area contributed by atoms with Gasteiger partial charge in [-0.3, -0.25) is 0 Å². The van der Waals surface area contributed by atoms with Gasteiger partial charge in [0.1, 0.15) is 5.82 Å². The van der Waals surface area contributed by atoms with Crippen LogP contribution in [0.3, 0.4) is 0 Å². The maximum absolute atomic E-state index is 6.00. The highest BCUT2D eigenvalue weighted by molar-refractivity contribution is 6.30. The number of hydrogen-bond acceptors (Lipinski definition) is 3. The minimum Gasteiger partial charge on any atom is -0.383 e. The number of hydrogen-bond donors (Lipinski definition) is 2. The topological polar surface area (TPSA) is 50.9 Å².